The van der Waals surface area contributed by atoms with Crippen molar-refractivity contribution in [1.82, 2.24) is 0 Å². The second-order valence-corrected chi connectivity index (χ2v) is 4.47. The van der Waals surface area contributed by atoms with Crippen LogP contribution in [0.3, 0.4) is 0 Å². The molecule has 0 aliphatic rings. The smallest absolute Gasteiger partial charge is 0.121 e. The summed E-state index contributed by atoms with van der Waals surface area (Å²) in [7, 11) is 0. The SMILES string of the molecule is N#Cc1cccc(OCc2cccc(Br)c2)c1. The van der Waals surface area contributed by atoms with Crippen molar-refractivity contribution in [2.45, 2.75) is 6.61 Å². The van der Waals surface area contributed by atoms with Crippen LogP contribution in [-0.4, -0.2) is 0 Å². The Morgan fingerprint density at radius 2 is 1.94 bits per heavy atom. The van der Waals surface area contributed by atoms with E-state index in [1.54, 1.807) is 12.1 Å². The van der Waals surface area contributed by atoms with Crippen molar-refractivity contribution in [1.29, 1.82) is 5.26 Å². The maximum atomic E-state index is 8.77. The molecular formula is C14H10BrNO. The summed E-state index contributed by atoms with van der Waals surface area (Å²) in [5, 5.41) is 8.77. The molecule has 0 spiro atoms. The topological polar surface area (TPSA) is 33.0 Å². The predicted molar refractivity (Wildman–Crippen MR) is 69.6 cm³/mol. The van der Waals surface area contributed by atoms with Crippen LogP contribution in [0.4, 0.5) is 0 Å². The molecule has 0 N–H and O–H groups in total. The highest BCUT2D eigenvalue weighted by molar-refractivity contribution is 9.10. The van der Waals surface area contributed by atoms with Crippen molar-refractivity contribution >= 4 is 15.9 Å². The van der Waals surface area contributed by atoms with Crippen molar-refractivity contribution in [3.8, 4) is 11.8 Å². The summed E-state index contributed by atoms with van der Waals surface area (Å²) in [6.45, 7) is 0.494. The first-order valence-corrected chi connectivity index (χ1v) is 5.94. The van der Waals surface area contributed by atoms with E-state index in [1.807, 2.05) is 36.4 Å². The van der Waals surface area contributed by atoms with Crippen LogP contribution in [0.5, 0.6) is 5.75 Å². The van der Waals surface area contributed by atoms with Crippen LogP contribution in [0.2, 0.25) is 0 Å². The molecule has 0 aliphatic heterocycles. The molecule has 0 fully saturated rings. The number of nitrogens with zero attached hydrogens (tertiary/aromatic N) is 1. The van der Waals surface area contributed by atoms with Crippen LogP contribution in [-0.2, 0) is 6.61 Å². The molecule has 17 heavy (non-hydrogen) atoms. The lowest BCUT2D eigenvalue weighted by atomic mass is 10.2. The molecule has 84 valence electrons. The average molecular weight is 288 g/mol. The first-order valence-electron chi connectivity index (χ1n) is 5.15. The minimum atomic E-state index is 0.494. The summed E-state index contributed by atoms with van der Waals surface area (Å²) in [4.78, 5) is 0. The summed E-state index contributed by atoms with van der Waals surface area (Å²) < 4.78 is 6.65. The number of benzene rings is 2. The summed E-state index contributed by atoms with van der Waals surface area (Å²) >= 11 is 3.41. The van der Waals surface area contributed by atoms with Crippen LogP contribution in [0.15, 0.2) is 53.0 Å². The van der Waals surface area contributed by atoms with Gasteiger partial charge in [-0.1, -0.05) is 34.1 Å². The van der Waals surface area contributed by atoms with E-state index < -0.39 is 0 Å². The molecule has 0 saturated carbocycles. The monoisotopic (exact) mass is 287 g/mol. The van der Waals surface area contributed by atoms with Gasteiger partial charge in [-0.05, 0) is 35.9 Å². The minimum Gasteiger partial charge on any atom is -0.489 e. The number of nitriles is 1. The Bertz CT molecular complexity index is 560. The number of halogens is 1. The number of ether oxygens (including phenoxy) is 1. The fourth-order valence-corrected chi connectivity index (χ4v) is 1.90. The summed E-state index contributed by atoms with van der Waals surface area (Å²) in [6, 6.07) is 17.2. The zero-order valence-electron chi connectivity index (χ0n) is 9.06. The fraction of sp³-hybridized carbons (Fsp3) is 0.0714. The summed E-state index contributed by atoms with van der Waals surface area (Å²) in [6.07, 6.45) is 0. The fourth-order valence-electron chi connectivity index (χ4n) is 1.45. The molecule has 2 aromatic carbocycles. The molecule has 0 saturated heterocycles. The Kier molecular flexibility index (Phi) is 3.79. The van der Waals surface area contributed by atoms with Gasteiger partial charge in [-0.3, -0.25) is 0 Å². The normalized spacial score (nSPS) is 9.65. The third-order valence-corrected chi connectivity index (χ3v) is 2.75. The van der Waals surface area contributed by atoms with Crippen molar-refractivity contribution in [2.75, 3.05) is 0 Å². The van der Waals surface area contributed by atoms with Gasteiger partial charge in [-0.15, -0.1) is 0 Å². The van der Waals surface area contributed by atoms with Gasteiger partial charge in [0.25, 0.3) is 0 Å². The van der Waals surface area contributed by atoms with Gasteiger partial charge in [0.05, 0.1) is 11.6 Å². The second kappa shape index (κ2) is 5.51. The Morgan fingerprint density at radius 1 is 1.12 bits per heavy atom. The Balaban J connectivity index is 2.05. The molecule has 0 aliphatic carbocycles. The molecule has 2 aromatic rings. The molecular weight excluding hydrogens is 278 g/mol. The van der Waals surface area contributed by atoms with Crippen molar-refractivity contribution in [3.63, 3.8) is 0 Å². The average Bonchev–Trinajstić information content (AvgIpc) is 2.37. The predicted octanol–water partition coefficient (Wildman–Crippen LogP) is 3.90. The van der Waals surface area contributed by atoms with E-state index in [0.717, 1.165) is 10.0 Å². The van der Waals surface area contributed by atoms with Crippen LogP contribution in [0, 0.1) is 11.3 Å². The van der Waals surface area contributed by atoms with Gasteiger partial charge in [-0.25, -0.2) is 0 Å². The first-order chi connectivity index (χ1) is 8.28. The van der Waals surface area contributed by atoms with Gasteiger partial charge in [0.2, 0.25) is 0 Å². The van der Waals surface area contributed by atoms with E-state index in [9.17, 15) is 0 Å². The molecule has 0 atom stereocenters. The highest BCUT2D eigenvalue weighted by Gasteiger charge is 1.98. The Labute approximate surface area is 109 Å². The van der Waals surface area contributed by atoms with Crippen LogP contribution >= 0.6 is 15.9 Å². The minimum absolute atomic E-state index is 0.494. The maximum Gasteiger partial charge on any atom is 0.121 e. The second-order valence-electron chi connectivity index (χ2n) is 3.56. The number of hydrogen-bond acceptors (Lipinski definition) is 2. The van der Waals surface area contributed by atoms with E-state index in [2.05, 4.69) is 22.0 Å². The van der Waals surface area contributed by atoms with Gasteiger partial charge in [0.1, 0.15) is 12.4 Å². The van der Waals surface area contributed by atoms with Gasteiger partial charge in [0, 0.05) is 4.47 Å². The molecule has 2 rings (SSSR count). The van der Waals surface area contributed by atoms with Crippen molar-refractivity contribution < 1.29 is 4.74 Å². The molecule has 3 heteroatoms. The van der Waals surface area contributed by atoms with Crippen molar-refractivity contribution in [2.24, 2.45) is 0 Å². The third kappa shape index (κ3) is 3.33. The van der Waals surface area contributed by atoms with E-state index in [-0.39, 0.29) is 0 Å². The summed E-state index contributed by atoms with van der Waals surface area (Å²) in [5.74, 6) is 0.712. The number of rotatable bonds is 3. The Morgan fingerprint density at radius 3 is 2.71 bits per heavy atom. The molecule has 0 amide bonds. The lowest BCUT2D eigenvalue weighted by molar-refractivity contribution is 0.306. The third-order valence-electron chi connectivity index (χ3n) is 2.26. The maximum absolute atomic E-state index is 8.77. The van der Waals surface area contributed by atoms with Gasteiger partial charge < -0.3 is 4.74 Å². The van der Waals surface area contributed by atoms with Gasteiger partial charge in [0.15, 0.2) is 0 Å². The Hall–Kier alpha value is -1.79. The van der Waals surface area contributed by atoms with E-state index in [1.165, 1.54) is 0 Å². The number of hydrogen-bond donors (Lipinski definition) is 0. The largest absolute Gasteiger partial charge is 0.489 e. The van der Waals surface area contributed by atoms with E-state index in [0.29, 0.717) is 17.9 Å². The zero-order chi connectivity index (χ0) is 12.1. The summed E-state index contributed by atoms with van der Waals surface area (Å²) in [5.41, 5.74) is 1.69. The van der Waals surface area contributed by atoms with E-state index >= 15 is 0 Å². The van der Waals surface area contributed by atoms with Gasteiger partial charge >= 0.3 is 0 Å². The first kappa shape index (κ1) is 11.7. The standard InChI is InChI=1S/C14H10BrNO/c15-13-5-1-4-12(7-13)10-17-14-6-2-3-11(8-14)9-16/h1-8H,10H2. The zero-order valence-corrected chi connectivity index (χ0v) is 10.6. The molecule has 0 unspecified atom stereocenters. The highest BCUT2D eigenvalue weighted by Crippen LogP contribution is 2.16. The quantitative estimate of drug-likeness (QED) is 0.858. The molecule has 0 aromatic heterocycles. The van der Waals surface area contributed by atoms with Crippen molar-refractivity contribution in [3.05, 3.63) is 64.1 Å². The van der Waals surface area contributed by atoms with E-state index in [4.69, 9.17) is 10.00 Å². The lowest BCUT2D eigenvalue weighted by Gasteiger charge is -2.06. The highest BCUT2D eigenvalue weighted by atomic mass is 79.9. The molecule has 0 bridgehead atoms. The lowest BCUT2D eigenvalue weighted by Crippen LogP contribution is -1.95. The van der Waals surface area contributed by atoms with Crippen LogP contribution in [0.1, 0.15) is 11.1 Å². The molecule has 0 heterocycles. The molecule has 0 radical (unpaired) electrons. The van der Waals surface area contributed by atoms with Gasteiger partial charge in [-0.2, -0.15) is 5.26 Å². The van der Waals surface area contributed by atoms with Crippen LogP contribution < -0.4 is 4.74 Å². The molecule has 2 nitrogen and oxygen atoms in total. The van der Waals surface area contributed by atoms with Crippen LogP contribution in [0.25, 0.3) is 0 Å².